The van der Waals surface area contributed by atoms with E-state index in [1.54, 1.807) is 6.20 Å². The molecule has 1 fully saturated rings. The standard InChI is InChI=1S/C16H17NO2/c1-11-8-9-17-15(10-11)16(18)12-2-4-13(5-3-12)19-14-6-7-14/h2-5,8-10,14,16,18H,6-7H2,1H3. The number of rotatable bonds is 4. The second-order valence-electron chi connectivity index (χ2n) is 5.05. The Kier molecular flexibility index (Phi) is 3.22. The van der Waals surface area contributed by atoms with Crippen LogP contribution < -0.4 is 4.74 Å². The Balaban J connectivity index is 1.77. The van der Waals surface area contributed by atoms with E-state index in [0.29, 0.717) is 11.8 Å². The Morgan fingerprint density at radius 1 is 1.21 bits per heavy atom. The quantitative estimate of drug-likeness (QED) is 0.913. The van der Waals surface area contributed by atoms with Gasteiger partial charge in [-0.25, -0.2) is 0 Å². The minimum Gasteiger partial charge on any atom is -0.490 e. The van der Waals surface area contributed by atoms with Crippen LogP contribution in [0.25, 0.3) is 0 Å². The van der Waals surface area contributed by atoms with Crippen molar-refractivity contribution in [1.82, 2.24) is 4.98 Å². The molecule has 1 aromatic carbocycles. The van der Waals surface area contributed by atoms with Crippen LogP contribution in [0, 0.1) is 6.92 Å². The molecule has 0 bridgehead atoms. The molecule has 1 unspecified atom stereocenters. The van der Waals surface area contributed by atoms with Crippen molar-refractivity contribution in [2.45, 2.75) is 32.0 Å². The highest BCUT2D eigenvalue weighted by Gasteiger charge is 2.23. The molecular weight excluding hydrogens is 238 g/mol. The fraction of sp³-hybridized carbons (Fsp3) is 0.312. The lowest BCUT2D eigenvalue weighted by Crippen LogP contribution is -2.03. The molecule has 1 aliphatic carbocycles. The molecule has 3 rings (SSSR count). The van der Waals surface area contributed by atoms with E-state index in [2.05, 4.69) is 4.98 Å². The van der Waals surface area contributed by atoms with Crippen LogP contribution in [0.15, 0.2) is 42.6 Å². The number of aliphatic hydroxyl groups is 1. The summed E-state index contributed by atoms with van der Waals surface area (Å²) >= 11 is 0. The number of pyridine rings is 1. The van der Waals surface area contributed by atoms with Gasteiger partial charge in [-0.15, -0.1) is 0 Å². The number of hydrogen-bond donors (Lipinski definition) is 1. The van der Waals surface area contributed by atoms with Crippen molar-refractivity contribution in [3.05, 3.63) is 59.4 Å². The molecule has 98 valence electrons. The lowest BCUT2D eigenvalue weighted by molar-refractivity contribution is 0.215. The van der Waals surface area contributed by atoms with Gasteiger partial charge < -0.3 is 9.84 Å². The fourth-order valence-corrected chi connectivity index (χ4v) is 1.99. The molecule has 0 saturated heterocycles. The van der Waals surface area contributed by atoms with Crippen molar-refractivity contribution in [3.63, 3.8) is 0 Å². The average Bonchev–Trinajstić information content (AvgIpc) is 3.23. The van der Waals surface area contributed by atoms with Crippen LogP contribution >= 0.6 is 0 Å². The van der Waals surface area contributed by atoms with Gasteiger partial charge in [0.1, 0.15) is 11.9 Å². The second kappa shape index (κ2) is 5.02. The Morgan fingerprint density at radius 2 is 1.95 bits per heavy atom. The van der Waals surface area contributed by atoms with E-state index < -0.39 is 6.10 Å². The molecule has 1 atom stereocenters. The highest BCUT2D eigenvalue weighted by atomic mass is 16.5. The zero-order valence-electron chi connectivity index (χ0n) is 10.9. The lowest BCUT2D eigenvalue weighted by Gasteiger charge is -2.12. The number of nitrogens with zero attached hydrogens (tertiary/aromatic N) is 1. The first-order valence-corrected chi connectivity index (χ1v) is 6.59. The highest BCUT2D eigenvalue weighted by molar-refractivity contribution is 5.33. The Morgan fingerprint density at radius 3 is 2.58 bits per heavy atom. The fourth-order valence-electron chi connectivity index (χ4n) is 1.99. The van der Waals surface area contributed by atoms with E-state index in [0.717, 1.165) is 29.7 Å². The maximum atomic E-state index is 10.3. The molecule has 2 aromatic rings. The molecule has 1 N–H and O–H groups in total. The van der Waals surface area contributed by atoms with E-state index in [1.165, 1.54) is 0 Å². The van der Waals surface area contributed by atoms with Crippen LogP contribution in [0.4, 0.5) is 0 Å². The summed E-state index contributed by atoms with van der Waals surface area (Å²) in [5.41, 5.74) is 2.61. The Labute approximate surface area is 112 Å². The summed E-state index contributed by atoms with van der Waals surface area (Å²) in [6, 6.07) is 11.4. The molecule has 3 heteroatoms. The smallest absolute Gasteiger partial charge is 0.121 e. The minimum absolute atomic E-state index is 0.397. The van der Waals surface area contributed by atoms with Crippen molar-refractivity contribution >= 4 is 0 Å². The third-order valence-corrected chi connectivity index (χ3v) is 3.24. The molecule has 1 aliphatic rings. The molecule has 0 amide bonds. The number of hydrogen-bond acceptors (Lipinski definition) is 3. The molecular formula is C16H17NO2. The predicted molar refractivity (Wildman–Crippen MR) is 73.1 cm³/mol. The topological polar surface area (TPSA) is 42.4 Å². The van der Waals surface area contributed by atoms with Gasteiger partial charge in [0.05, 0.1) is 11.8 Å². The summed E-state index contributed by atoms with van der Waals surface area (Å²) in [5.74, 6) is 0.871. The SMILES string of the molecule is Cc1ccnc(C(O)c2ccc(OC3CC3)cc2)c1. The summed E-state index contributed by atoms with van der Waals surface area (Å²) in [6.45, 7) is 1.99. The lowest BCUT2D eigenvalue weighted by atomic mass is 10.0. The van der Waals surface area contributed by atoms with Crippen molar-refractivity contribution in [2.75, 3.05) is 0 Å². The van der Waals surface area contributed by atoms with Crippen LogP contribution in [0.3, 0.4) is 0 Å². The summed E-state index contributed by atoms with van der Waals surface area (Å²) in [6.07, 6.45) is 3.73. The number of aliphatic hydroxyl groups excluding tert-OH is 1. The molecule has 0 aliphatic heterocycles. The number of ether oxygens (including phenoxy) is 1. The highest BCUT2D eigenvalue weighted by Crippen LogP contribution is 2.28. The van der Waals surface area contributed by atoms with Gasteiger partial charge in [-0.2, -0.15) is 0 Å². The van der Waals surface area contributed by atoms with E-state index in [4.69, 9.17) is 4.74 Å². The molecule has 0 spiro atoms. The van der Waals surface area contributed by atoms with Crippen LogP contribution in [-0.2, 0) is 0 Å². The number of aryl methyl sites for hydroxylation is 1. The molecule has 19 heavy (non-hydrogen) atoms. The second-order valence-corrected chi connectivity index (χ2v) is 5.05. The molecule has 0 radical (unpaired) electrons. The van der Waals surface area contributed by atoms with Crippen LogP contribution in [0.1, 0.15) is 35.8 Å². The van der Waals surface area contributed by atoms with Crippen LogP contribution in [-0.4, -0.2) is 16.2 Å². The molecule has 1 aromatic heterocycles. The first kappa shape index (κ1) is 12.2. The normalized spacial score (nSPS) is 16.1. The van der Waals surface area contributed by atoms with Gasteiger partial charge in [0.25, 0.3) is 0 Å². The van der Waals surface area contributed by atoms with Gasteiger partial charge in [0.2, 0.25) is 0 Å². The van der Waals surface area contributed by atoms with Gasteiger partial charge in [-0.05, 0) is 55.2 Å². The Bertz CT molecular complexity index is 561. The number of aromatic nitrogens is 1. The summed E-state index contributed by atoms with van der Waals surface area (Å²) < 4.78 is 5.69. The zero-order chi connectivity index (χ0) is 13.2. The van der Waals surface area contributed by atoms with E-state index >= 15 is 0 Å². The molecule has 1 saturated carbocycles. The average molecular weight is 255 g/mol. The van der Waals surface area contributed by atoms with Gasteiger partial charge in [0, 0.05) is 6.20 Å². The van der Waals surface area contributed by atoms with Crippen LogP contribution in [0.5, 0.6) is 5.75 Å². The first-order chi connectivity index (χ1) is 9.22. The third-order valence-electron chi connectivity index (χ3n) is 3.24. The third kappa shape index (κ3) is 2.93. The first-order valence-electron chi connectivity index (χ1n) is 6.59. The van der Waals surface area contributed by atoms with Gasteiger partial charge >= 0.3 is 0 Å². The summed E-state index contributed by atoms with van der Waals surface area (Å²) in [5, 5.41) is 10.3. The van der Waals surface area contributed by atoms with Gasteiger partial charge in [0.15, 0.2) is 0 Å². The van der Waals surface area contributed by atoms with Gasteiger partial charge in [-0.3, -0.25) is 4.98 Å². The largest absolute Gasteiger partial charge is 0.490 e. The van der Waals surface area contributed by atoms with E-state index in [-0.39, 0.29) is 0 Å². The van der Waals surface area contributed by atoms with E-state index in [9.17, 15) is 5.11 Å². The van der Waals surface area contributed by atoms with Crippen LogP contribution in [0.2, 0.25) is 0 Å². The van der Waals surface area contributed by atoms with Gasteiger partial charge in [-0.1, -0.05) is 12.1 Å². The van der Waals surface area contributed by atoms with E-state index in [1.807, 2.05) is 43.3 Å². The summed E-state index contributed by atoms with van der Waals surface area (Å²) in [7, 11) is 0. The maximum absolute atomic E-state index is 10.3. The molecule has 1 heterocycles. The molecule has 3 nitrogen and oxygen atoms in total. The monoisotopic (exact) mass is 255 g/mol. The minimum atomic E-state index is -0.685. The van der Waals surface area contributed by atoms with Crippen molar-refractivity contribution in [2.24, 2.45) is 0 Å². The summed E-state index contributed by atoms with van der Waals surface area (Å²) in [4.78, 5) is 4.22. The zero-order valence-corrected chi connectivity index (χ0v) is 10.9. The van der Waals surface area contributed by atoms with Crippen molar-refractivity contribution in [3.8, 4) is 5.75 Å². The van der Waals surface area contributed by atoms with Crippen molar-refractivity contribution in [1.29, 1.82) is 0 Å². The maximum Gasteiger partial charge on any atom is 0.121 e. The number of benzene rings is 1. The predicted octanol–water partition coefficient (Wildman–Crippen LogP) is 3.01. The Hall–Kier alpha value is -1.87. The van der Waals surface area contributed by atoms with Crippen molar-refractivity contribution < 1.29 is 9.84 Å².